The average molecular weight is 527 g/mol. The molecule has 4 heterocycles. The van der Waals surface area contributed by atoms with Crippen molar-refractivity contribution in [2.75, 3.05) is 23.4 Å². The third-order valence-corrected chi connectivity index (χ3v) is 7.24. The number of urea groups is 1. The molecule has 0 aliphatic carbocycles. The van der Waals surface area contributed by atoms with Gasteiger partial charge in [-0.3, -0.25) is 9.88 Å². The van der Waals surface area contributed by atoms with Gasteiger partial charge in [0, 0.05) is 18.1 Å². The first-order valence-electron chi connectivity index (χ1n) is 12.2. The number of nitrogens with zero attached hydrogens (tertiary/aromatic N) is 4. The number of aliphatic hydroxyl groups is 1. The molecule has 3 N–H and O–H groups in total. The Morgan fingerprint density at radius 1 is 1.19 bits per heavy atom. The number of amides is 2. The SMILES string of the molecule is CCNC(=O)Nc1ncnc2c1ncn2[C@@H]1O[C@H](CSCC(C)O)[C@H]2O[C@H](/C=C/c3ccccc3)O[C@H]21. The van der Waals surface area contributed by atoms with E-state index in [-0.39, 0.29) is 18.2 Å². The van der Waals surface area contributed by atoms with Gasteiger partial charge in [0.25, 0.3) is 0 Å². The van der Waals surface area contributed by atoms with E-state index in [4.69, 9.17) is 14.2 Å². The van der Waals surface area contributed by atoms with Gasteiger partial charge in [-0.05, 0) is 25.5 Å². The van der Waals surface area contributed by atoms with E-state index in [1.54, 1.807) is 29.6 Å². The van der Waals surface area contributed by atoms with E-state index in [9.17, 15) is 9.90 Å². The molecular weight excluding hydrogens is 496 g/mol. The molecule has 5 rings (SSSR count). The summed E-state index contributed by atoms with van der Waals surface area (Å²) >= 11 is 1.60. The molecule has 2 fully saturated rings. The molecule has 0 spiro atoms. The molecule has 6 atom stereocenters. The average Bonchev–Trinajstić information content (AvgIpc) is 3.58. The molecule has 1 unspecified atom stereocenters. The van der Waals surface area contributed by atoms with E-state index in [2.05, 4.69) is 25.6 Å². The normalized spacial score (nSPS) is 26.0. The fourth-order valence-corrected chi connectivity index (χ4v) is 5.34. The number of hydrogen-bond acceptors (Lipinski definition) is 9. The number of hydrogen-bond donors (Lipinski definition) is 3. The van der Waals surface area contributed by atoms with Crippen molar-refractivity contribution in [1.29, 1.82) is 0 Å². The Balaban J connectivity index is 1.39. The predicted molar refractivity (Wildman–Crippen MR) is 140 cm³/mol. The molecule has 0 radical (unpaired) electrons. The molecule has 196 valence electrons. The Morgan fingerprint density at radius 3 is 2.78 bits per heavy atom. The Labute approximate surface area is 218 Å². The number of aromatic nitrogens is 4. The summed E-state index contributed by atoms with van der Waals surface area (Å²) in [5.41, 5.74) is 2.00. The first-order chi connectivity index (χ1) is 18.0. The van der Waals surface area contributed by atoms with Crippen molar-refractivity contribution in [1.82, 2.24) is 24.8 Å². The van der Waals surface area contributed by atoms with Gasteiger partial charge in [-0.25, -0.2) is 19.7 Å². The van der Waals surface area contributed by atoms with Gasteiger partial charge < -0.3 is 24.6 Å². The number of benzene rings is 1. The number of thioether (sulfide) groups is 1. The van der Waals surface area contributed by atoms with Crippen LogP contribution in [0.25, 0.3) is 17.2 Å². The third-order valence-electron chi connectivity index (χ3n) is 5.96. The molecule has 1 aromatic carbocycles. The van der Waals surface area contributed by atoms with Gasteiger partial charge in [0.15, 0.2) is 29.5 Å². The van der Waals surface area contributed by atoms with E-state index in [1.165, 1.54) is 6.33 Å². The van der Waals surface area contributed by atoms with Crippen LogP contribution in [0.15, 0.2) is 49.1 Å². The zero-order valence-electron chi connectivity index (χ0n) is 20.6. The number of carbonyl (C=O) groups is 1. The smallest absolute Gasteiger partial charge is 0.320 e. The minimum atomic E-state index is -0.547. The molecule has 2 aromatic heterocycles. The highest BCUT2D eigenvalue weighted by atomic mass is 32.2. The van der Waals surface area contributed by atoms with Crippen LogP contribution in [-0.2, 0) is 14.2 Å². The van der Waals surface area contributed by atoms with E-state index in [0.29, 0.717) is 35.0 Å². The summed E-state index contributed by atoms with van der Waals surface area (Å²) in [4.78, 5) is 25.1. The molecule has 0 saturated carbocycles. The highest BCUT2D eigenvalue weighted by Gasteiger charge is 2.53. The van der Waals surface area contributed by atoms with Crippen LogP contribution in [0.3, 0.4) is 0 Å². The molecule has 11 nitrogen and oxygen atoms in total. The van der Waals surface area contributed by atoms with Crippen LogP contribution in [0.5, 0.6) is 0 Å². The number of aliphatic hydroxyl groups excluding tert-OH is 1. The van der Waals surface area contributed by atoms with Crippen molar-refractivity contribution in [3.8, 4) is 0 Å². The van der Waals surface area contributed by atoms with Crippen LogP contribution in [0.4, 0.5) is 10.6 Å². The topological polar surface area (TPSA) is 133 Å². The van der Waals surface area contributed by atoms with E-state index in [1.807, 2.05) is 49.4 Å². The zero-order chi connectivity index (χ0) is 25.8. The first-order valence-corrected chi connectivity index (χ1v) is 13.4. The van der Waals surface area contributed by atoms with Gasteiger partial charge in [-0.15, -0.1) is 0 Å². The van der Waals surface area contributed by atoms with Crippen LogP contribution in [0.2, 0.25) is 0 Å². The molecule has 2 amide bonds. The van der Waals surface area contributed by atoms with Crippen LogP contribution in [0, 0.1) is 0 Å². The lowest BCUT2D eigenvalue weighted by Crippen LogP contribution is -2.30. The van der Waals surface area contributed by atoms with Crippen molar-refractivity contribution >= 4 is 40.9 Å². The number of nitrogens with one attached hydrogen (secondary N) is 2. The summed E-state index contributed by atoms with van der Waals surface area (Å²) in [7, 11) is 0. The second kappa shape index (κ2) is 11.6. The van der Waals surface area contributed by atoms with Crippen molar-refractivity contribution in [3.05, 3.63) is 54.6 Å². The number of rotatable bonds is 9. The second-order valence-corrected chi connectivity index (χ2v) is 9.90. The highest BCUT2D eigenvalue weighted by Crippen LogP contribution is 2.42. The summed E-state index contributed by atoms with van der Waals surface area (Å²) in [5, 5.41) is 15.1. The minimum Gasteiger partial charge on any atom is -0.393 e. The summed E-state index contributed by atoms with van der Waals surface area (Å²) in [5.74, 6) is 1.53. The zero-order valence-corrected chi connectivity index (χ0v) is 21.4. The number of ether oxygens (including phenoxy) is 3. The van der Waals surface area contributed by atoms with Gasteiger partial charge in [0.1, 0.15) is 18.5 Å². The van der Waals surface area contributed by atoms with Gasteiger partial charge in [-0.1, -0.05) is 36.4 Å². The largest absolute Gasteiger partial charge is 0.393 e. The molecule has 12 heteroatoms. The molecule has 2 aliphatic heterocycles. The fourth-order valence-electron chi connectivity index (χ4n) is 4.36. The molecule has 3 aromatic rings. The third kappa shape index (κ3) is 5.78. The first kappa shape index (κ1) is 25.6. The van der Waals surface area contributed by atoms with Crippen LogP contribution in [-0.4, -0.2) is 79.4 Å². The highest BCUT2D eigenvalue weighted by molar-refractivity contribution is 7.99. The van der Waals surface area contributed by atoms with Crippen molar-refractivity contribution in [2.24, 2.45) is 0 Å². The van der Waals surface area contributed by atoms with Crippen molar-refractivity contribution in [2.45, 2.75) is 50.8 Å². The molecule has 2 aliphatic rings. The maximum Gasteiger partial charge on any atom is 0.320 e. The molecular formula is C25H30N6O5S. The van der Waals surface area contributed by atoms with Crippen LogP contribution in [0.1, 0.15) is 25.6 Å². The number of carbonyl (C=O) groups excluding carboxylic acids is 1. The van der Waals surface area contributed by atoms with Gasteiger partial charge in [0.2, 0.25) is 0 Å². The summed E-state index contributed by atoms with van der Waals surface area (Å²) < 4.78 is 20.8. The predicted octanol–water partition coefficient (Wildman–Crippen LogP) is 2.80. The van der Waals surface area contributed by atoms with Crippen LogP contribution < -0.4 is 10.6 Å². The summed E-state index contributed by atoms with van der Waals surface area (Å²) in [6.45, 7) is 4.08. The Bertz CT molecular complexity index is 1240. The lowest BCUT2D eigenvalue weighted by molar-refractivity contribution is -0.120. The Morgan fingerprint density at radius 2 is 2.00 bits per heavy atom. The molecule has 2 saturated heterocycles. The number of fused-ring (bicyclic) bond motifs is 2. The minimum absolute atomic E-state index is 0.263. The Hall–Kier alpha value is -3.03. The fraction of sp³-hybridized carbons (Fsp3) is 0.440. The Kier molecular flexibility index (Phi) is 8.01. The standard InChI is InChI=1S/C25H30N6O5S/c1-3-26-25(33)30-22-19-23(28-13-27-22)31(14-29-19)24-21-20(17(34-24)12-37-11-15(2)32)35-18(36-21)10-9-16-7-5-4-6-8-16/h4-10,13-15,17-18,20-21,24,32H,3,11-12H2,1-2H3,(H2,26,27,28,30,33)/b10-9+/t15?,17-,18+,20-,21-,24-/m1/s1. The van der Waals surface area contributed by atoms with Crippen molar-refractivity contribution in [3.63, 3.8) is 0 Å². The van der Waals surface area contributed by atoms with E-state index < -0.39 is 24.7 Å². The number of imidazole rings is 1. The number of anilines is 1. The maximum atomic E-state index is 12.1. The lowest BCUT2D eigenvalue weighted by atomic mass is 10.1. The molecule has 0 bridgehead atoms. The van der Waals surface area contributed by atoms with E-state index in [0.717, 1.165) is 5.56 Å². The van der Waals surface area contributed by atoms with Gasteiger partial charge >= 0.3 is 6.03 Å². The monoisotopic (exact) mass is 526 g/mol. The van der Waals surface area contributed by atoms with Gasteiger partial charge in [0.05, 0.1) is 18.5 Å². The quantitative estimate of drug-likeness (QED) is 0.385. The lowest BCUT2D eigenvalue weighted by Gasteiger charge is -2.20. The second-order valence-electron chi connectivity index (χ2n) is 8.82. The van der Waals surface area contributed by atoms with Gasteiger partial charge in [-0.2, -0.15) is 11.8 Å². The van der Waals surface area contributed by atoms with Crippen LogP contribution >= 0.6 is 11.8 Å². The maximum absolute atomic E-state index is 12.1. The summed E-state index contributed by atoms with van der Waals surface area (Å²) in [6, 6.07) is 9.58. The van der Waals surface area contributed by atoms with Crippen molar-refractivity contribution < 1.29 is 24.1 Å². The van der Waals surface area contributed by atoms with E-state index >= 15 is 0 Å². The molecule has 37 heavy (non-hydrogen) atoms. The summed E-state index contributed by atoms with van der Waals surface area (Å²) in [6.07, 6.45) is 4.38.